The molecule has 2 aromatic carbocycles. The van der Waals surface area contributed by atoms with Crippen molar-refractivity contribution in [1.29, 1.82) is 0 Å². The summed E-state index contributed by atoms with van der Waals surface area (Å²) in [5.74, 6) is -0.607. The minimum Gasteiger partial charge on any atom is -0.336 e. The number of amides is 2. The molecule has 7 nitrogen and oxygen atoms in total. The number of para-hydroxylation sites is 2. The number of carbonyl (C=O) groups is 2. The molecule has 0 saturated heterocycles. The molecule has 0 aliphatic rings. The summed E-state index contributed by atoms with van der Waals surface area (Å²) >= 11 is 8.60. The number of nitrogens with zero attached hydrogens (tertiary/aromatic N) is 3. The van der Waals surface area contributed by atoms with Gasteiger partial charge in [0.15, 0.2) is 5.16 Å². The summed E-state index contributed by atoms with van der Waals surface area (Å²) in [6.45, 7) is -0.131. The first-order valence-corrected chi connectivity index (χ1v) is 12.1. The van der Waals surface area contributed by atoms with Gasteiger partial charge in [0.1, 0.15) is 4.83 Å². The maximum Gasteiger partial charge on any atom is 0.267 e. The Bertz CT molecular complexity index is 1370. The molecule has 0 atom stereocenters. The van der Waals surface area contributed by atoms with Crippen LogP contribution in [0.2, 0.25) is 5.02 Å². The fourth-order valence-corrected chi connectivity index (χ4v) is 5.03. The number of benzene rings is 2. The summed E-state index contributed by atoms with van der Waals surface area (Å²) in [7, 11) is 1.55. The number of carbonyl (C=O) groups excluding carboxylic acids is 2. The number of halogens is 1. The number of thioether (sulfide) groups is 1. The van der Waals surface area contributed by atoms with Gasteiger partial charge in [-0.15, -0.1) is 11.3 Å². The van der Waals surface area contributed by atoms with Crippen molar-refractivity contribution < 1.29 is 9.59 Å². The Morgan fingerprint density at radius 1 is 1.12 bits per heavy atom. The van der Waals surface area contributed by atoms with Gasteiger partial charge in [0.2, 0.25) is 11.8 Å². The summed E-state index contributed by atoms with van der Waals surface area (Å²) < 4.78 is 1.51. The van der Waals surface area contributed by atoms with Crippen LogP contribution in [0.4, 0.5) is 5.69 Å². The van der Waals surface area contributed by atoms with Gasteiger partial charge in [0.05, 0.1) is 34.1 Å². The van der Waals surface area contributed by atoms with Crippen molar-refractivity contribution in [3.63, 3.8) is 0 Å². The molecule has 2 amide bonds. The smallest absolute Gasteiger partial charge is 0.267 e. The summed E-state index contributed by atoms with van der Waals surface area (Å²) in [4.78, 5) is 44.7. The second kappa shape index (κ2) is 10.2. The molecule has 4 aromatic rings. The van der Waals surface area contributed by atoms with Crippen molar-refractivity contribution in [2.75, 3.05) is 24.7 Å². The van der Waals surface area contributed by atoms with Gasteiger partial charge in [-0.1, -0.05) is 53.7 Å². The second-order valence-electron chi connectivity index (χ2n) is 7.08. The number of fused-ring (bicyclic) bond motifs is 1. The van der Waals surface area contributed by atoms with E-state index in [1.165, 1.54) is 20.8 Å². The zero-order valence-electron chi connectivity index (χ0n) is 17.5. The Morgan fingerprint density at radius 3 is 2.61 bits per heavy atom. The number of nitrogens with one attached hydrogen (secondary N) is 1. The number of hydrogen-bond acceptors (Lipinski definition) is 6. The molecule has 168 valence electrons. The topological polar surface area (TPSA) is 84.3 Å². The molecule has 10 heteroatoms. The van der Waals surface area contributed by atoms with Gasteiger partial charge in [0.25, 0.3) is 5.56 Å². The van der Waals surface area contributed by atoms with Gasteiger partial charge in [-0.25, -0.2) is 4.98 Å². The molecule has 4 rings (SSSR count). The maximum atomic E-state index is 13.1. The van der Waals surface area contributed by atoms with E-state index in [1.54, 1.807) is 37.4 Å². The molecule has 2 aromatic heterocycles. The van der Waals surface area contributed by atoms with Crippen LogP contribution in [0.5, 0.6) is 0 Å². The first-order valence-electron chi connectivity index (χ1n) is 9.91. The molecule has 0 radical (unpaired) electrons. The van der Waals surface area contributed by atoms with Gasteiger partial charge >= 0.3 is 0 Å². The largest absolute Gasteiger partial charge is 0.336 e. The molecule has 0 spiro atoms. The Kier molecular flexibility index (Phi) is 7.12. The van der Waals surface area contributed by atoms with Crippen molar-refractivity contribution in [1.82, 2.24) is 14.5 Å². The normalized spacial score (nSPS) is 10.8. The number of rotatable bonds is 7. The molecule has 0 saturated carbocycles. The van der Waals surface area contributed by atoms with Crippen LogP contribution in [-0.2, 0) is 9.59 Å². The third kappa shape index (κ3) is 5.27. The molecule has 0 unspecified atom stereocenters. The van der Waals surface area contributed by atoms with Gasteiger partial charge in [-0.2, -0.15) is 0 Å². The maximum absolute atomic E-state index is 13.1. The van der Waals surface area contributed by atoms with E-state index in [9.17, 15) is 14.4 Å². The molecular weight excluding hydrogens is 480 g/mol. The van der Waals surface area contributed by atoms with E-state index in [4.69, 9.17) is 11.6 Å². The third-order valence-electron chi connectivity index (χ3n) is 4.76. The van der Waals surface area contributed by atoms with Gasteiger partial charge < -0.3 is 10.2 Å². The fraction of sp³-hybridized carbons (Fsp3) is 0.130. The van der Waals surface area contributed by atoms with Crippen LogP contribution in [0.15, 0.2) is 76.0 Å². The lowest BCUT2D eigenvalue weighted by atomic mass is 10.3. The Labute approximate surface area is 203 Å². The van der Waals surface area contributed by atoms with Crippen LogP contribution in [0, 0.1) is 0 Å². The average molecular weight is 499 g/mol. The van der Waals surface area contributed by atoms with E-state index in [0.717, 1.165) is 11.8 Å². The van der Waals surface area contributed by atoms with Crippen molar-refractivity contribution >= 4 is 62.4 Å². The Hall–Kier alpha value is -3.14. The highest BCUT2D eigenvalue weighted by Gasteiger charge is 2.18. The van der Waals surface area contributed by atoms with Crippen LogP contribution in [0.3, 0.4) is 0 Å². The van der Waals surface area contributed by atoms with E-state index >= 15 is 0 Å². The van der Waals surface area contributed by atoms with Crippen LogP contribution in [0.1, 0.15) is 0 Å². The molecule has 2 heterocycles. The second-order valence-corrected chi connectivity index (χ2v) is 9.32. The number of likely N-dealkylation sites (N-methyl/N-ethyl adjacent to an activating group) is 1. The van der Waals surface area contributed by atoms with E-state index in [1.807, 2.05) is 35.7 Å². The van der Waals surface area contributed by atoms with Gasteiger partial charge in [0, 0.05) is 7.05 Å². The van der Waals surface area contributed by atoms with E-state index < -0.39 is 0 Å². The molecule has 0 fully saturated rings. The SMILES string of the molecule is CN(CC(=O)Nc1ccccc1Cl)C(=O)CSc1nc2sccc2c(=O)n1-c1ccccc1. The predicted molar refractivity (Wildman–Crippen MR) is 134 cm³/mol. The van der Waals surface area contributed by atoms with Crippen LogP contribution in [-0.4, -0.2) is 45.6 Å². The van der Waals surface area contributed by atoms with Crippen molar-refractivity contribution in [3.05, 3.63) is 81.4 Å². The van der Waals surface area contributed by atoms with Gasteiger partial charge in [-0.3, -0.25) is 19.0 Å². The summed E-state index contributed by atoms with van der Waals surface area (Å²) in [6, 6.07) is 17.8. The summed E-state index contributed by atoms with van der Waals surface area (Å²) in [6.07, 6.45) is 0. The molecule has 0 aliphatic heterocycles. The average Bonchev–Trinajstić information content (AvgIpc) is 3.28. The van der Waals surface area contributed by atoms with Crippen LogP contribution < -0.4 is 10.9 Å². The summed E-state index contributed by atoms with van der Waals surface area (Å²) in [5, 5.41) is 5.89. The van der Waals surface area contributed by atoms with E-state index in [-0.39, 0.29) is 29.7 Å². The van der Waals surface area contributed by atoms with Crippen molar-refractivity contribution in [3.8, 4) is 5.69 Å². The highest BCUT2D eigenvalue weighted by molar-refractivity contribution is 7.99. The standard InChI is InChI=1S/C23H19ClN4O3S2/c1-27(13-19(29)25-18-10-6-5-9-17(18)24)20(30)14-33-23-26-21-16(11-12-32-21)22(31)28(23)15-7-3-2-4-8-15/h2-12H,13-14H2,1H3,(H,25,29). The van der Waals surface area contributed by atoms with Crippen molar-refractivity contribution in [2.24, 2.45) is 0 Å². The number of hydrogen-bond donors (Lipinski definition) is 1. The number of anilines is 1. The lowest BCUT2D eigenvalue weighted by Gasteiger charge is -2.17. The van der Waals surface area contributed by atoms with Crippen LogP contribution in [0.25, 0.3) is 15.9 Å². The first kappa shape index (κ1) is 23.0. The monoisotopic (exact) mass is 498 g/mol. The quantitative estimate of drug-likeness (QED) is 0.303. The minimum atomic E-state index is -0.358. The molecule has 0 aliphatic carbocycles. The first-order chi connectivity index (χ1) is 15.9. The lowest BCUT2D eigenvalue weighted by Crippen LogP contribution is -2.36. The Morgan fingerprint density at radius 2 is 1.85 bits per heavy atom. The van der Waals surface area contributed by atoms with E-state index in [0.29, 0.717) is 31.8 Å². The zero-order chi connectivity index (χ0) is 23.4. The van der Waals surface area contributed by atoms with E-state index in [2.05, 4.69) is 10.3 Å². The molecule has 1 N–H and O–H groups in total. The highest BCUT2D eigenvalue weighted by atomic mass is 35.5. The van der Waals surface area contributed by atoms with Crippen molar-refractivity contribution in [2.45, 2.75) is 5.16 Å². The van der Waals surface area contributed by atoms with Gasteiger partial charge in [-0.05, 0) is 35.7 Å². The minimum absolute atomic E-state index is 0.0199. The zero-order valence-corrected chi connectivity index (χ0v) is 19.9. The lowest BCUT2D eigenvalue weighted by molar-refractivity contribution is -0.131. The number of aromatic nitrogens is 2. The summed E-state index contributed by atoms with van der Waals surface area (Å²) in [5.41, 5.74) is 0.972. The Balaban J connectivity index is 1.48. The predicted octanol–water partition coefficient (Wildman–Crippen LogP) is 4.29. The molecule has 0 bridgehead atoms. The molecular formula is C23H19ClN4O3S2. The number of thiophene rings is 1. The fourth-order valence-electron chi connectivity index (χ4n) is 3.09. The highest BCUT2D eigenvalue weighted by Crippen LogP contribution is 2.24. The van der Waals surface area contributed by atoms with Crippen LogP contribution >= 0.6 is 34.7 Å². The third-order valence-corrected chi connectivity index (χ3v) is 6.82. The molecule has 33 heavy (non-hydrogen) atoms.